The SMILES string of the molecule is CC(C)(C)OC(=O)N1C[C@@H](O[Si](c2ccccc2)(c2ccccc2)C(C)(C)C)CCC1=O. The third-order valence-corrected chi connectivity index (χ3v) is 10.8. The van der Waals surface area contributed by atoms with Gasteiger partial charge in [-0.25, -0.2) is 9.69 Å². The lowest BCUT2D eigenvalue weighted by molar-refractivity contribution is -0.135. The zero-order valence-corrected chi connectivity index (χ0v) is 21.1. The van der Waals surface area contributed by atoms with Gasteiger partial charge in [0.05, 0.1) is 12.6 Å². The standard InChI is InChI=1S/C26H35NO4Si/c1-25(2,3)30-24(29)27-19-20(17-18-23(27)28)31-32(26(4,5)6,21-13-9-7-10-14-21)22-15-11-8-12-16-22/h7-16,20H,17-19H2,1-6H3/t20-/m0/s1. The Morgan fingerprint density at radius 2 is 1.41 bits per heavy atom. The van der Waals surface area contributed by atoms with Crippen molar-refractivity contribution >= 4 is 30.7 Å². The van der Waals surface area contributed by atoms with Gasteiger partial charge in [-0.05, 0) is 42.6 Å². The number of imide groups is 1. The van der Waals surface area contributed by atoms with Gasteiger partial charge in [-0.15, -0.1) is 0 Å². The molecule has 0 unspecified atom stereocenters. The van der Waals surface area contributed by atoms with Crippen molar-refractivity contribution in [3.8, 4) is 0 Å². The molecule has 0 aliphatic carbocycles. The summed E-state index contributed by atoms with van der Waals surface area (Å²) in [6, 6.07) is 20.8. The van der Waals surface area contributed by atoms with Gasteiger partial charge in [0.1, 0.15) is 5.60 Å². The predicted octanol–water partition coefficient (Wildman–Crippen LogP) is 4.49. The maximum Gasteiger partial charge on any atom is 0.417 e. The smallest absolute Gasteiger partial charge is 0.417 e. The van der Waals surface area contributed by atoms with Crippen molar-refractivity contribution in [2.24, 2.45) is 0 Å². The molecule has 32 heavy (non-hydrogen) atoms. The summed E-state index contributed by atoms with van der Waals surface area (Å²) < 4.78 is 12.6. The lowest BCUT2D eigenvalue weighted by Gasteiger charge is -2.46. The van der Waals surface area contributed by atoms with Crippen LogP contribution in [0.3, 0.4) is 0 Å². The molecule has 1 heterocycles. The van der Waals surface area contributed by atoms with Crippen molar-refractivity contribution in [3.63, 3.8) is 0 Å². The van der Waals surface area contributed by atoms with Gasteiger partial charge in [0.15, 0.2) is 0 Å². The van der Waals surface area contributed by atoms with Crippen LogP contribution < -0.4 is 10.4 Å². The first kappa shape index (κ1) is 24.2. The van der Waals surface area contributed by atoms with E-state index in [9.17, 15) is 9.59 Å². The fourth-order valence-corrected chi connectivity index (χ4v) is 9.05. The van der Waals surface area contributed by atoms with Crippen LogP contribution in [0.5, 0.6) is 0 Å². The number of benzene rings is 2. The van der Waals surface area contributed by atoms with Crippen molar-refractivity contribution in [1.82, 2.24) is 4.90 Å². The molecule has 1 atom stereocenters. The van der Waals surface area contributed by atoms with Gasteiger partial charge in [-0.1, -0.05) is 81.4 Å². The Bertz CT molecular complexity index is 892. The number of hydrogen-bond donors (Lipinski definition) is 0. The van der Waals surface area contributed by atoms with Crippen molar-refractivity contribution in [1.29, 1.82) is 0 Å². The monoisotopic (exact) mass is 453 g/mol. The largest absolute Gasteiger partial charge is 0.443 e. The molecule has 1 aliphatic heterocycles. The van der Waals surface area contributed by atoms with Crippen LogP contribution >= 0.6 is 0 Å². The van der Waals surface area contributed by atoms with E-state index in [0.29, 0.717) is 6.42 Å². The molecule has 1 aliphatic rings. The summed E-state index contributed by atoms with van der Waals surface area (Å²) in [5.74, 6) is -0.207. The fourth-order valence-electron chi connectivity index (χ4n) is 4.35. The van der Waals surface area contributed by atoms with Gasteiger partial charge >= 0.3 is 6.09 Å². The molecule has 5 nitrogen and oxygen atoms in total. The molecule has 1 fully saturated rings. The van der Waals surface area contributed by atoms with E-state index in [1.165, 1.54) is 15.3 Å². The summed E-state index contributed by atoms with van der Waals surface area (Å²) in [4.78, 5) is 26.5. The minimum absolute atomic E-state index is 0.173. The molecule has 0 spiro atoms. The molecule has 2 aromatic carbocycles. The highest BCUT2D eigenvalue weighted by Gasteiger charge is 2.52. The fraction of sp³-hybridized carbons (Fsp3) is 0.462. The number of amides is 2. The van der Waals surface area contributed by atoms with Crippen LogP contribution in [-0.2, 0) is 14.0 Å². The maximum atomic E-state index is 12.7. The van der Waals surface area contributed by atoms with E-state index in [0.717, 1.165) is 0 Å². The van der Waals surface area contributed by atoms with Crippen molar-refractivity contribution < 1.29 is 18.8 Å². The Balaban J connectivity index is 2.00. The normalized spacial score (nSPS) is 17.9. The third kappa shape index (κ3) is 5.13. The lowest BCUT2D eigenvalue weighted by Crippen LogP contribution is -2.68. The van der Waals surface area contributed by atoms with Gasteiger partial charge in [0.2, 0.25) is 5.91 Å². The molecule has 0 aromatic heterocycles. The molecule has 172 valence electrons. The summed E-state index contributed by atoms with van der Waals surface area (Å²) in [6.45, 7) is 12.3. The number of piperidine rings is 1. The zero-order chi connectivity index (χ0) is 23.6. The Hall–Kier alpha value is -2.44. The molecule has 0 radical (unpaired) electrons. The minimum Gasteiger partial charge on any atom is -0.443 e. The minimum atomic E-state index is -2.76. The first-order valence-corrected chi connectivity index (χ1v) is 13.2. The molecule has 3 rings (SSSR count). The van der Waals surface area contributed by atoms with Gasteiger partial charge < -0.3 is 9.16 Å². The van der Waals surface area contributed by atoms with Gasteiger partial charge in [-0.2, -0.15) is 0 Å². The highest BCUT2D eigenvalue weighted by molar-refractivity contribution is 6.99. The van der Waals surface area contributed by atoms with E-state index in [1.54, 1.807) is 20.8 Å². The summed E-state index contributed by atoms with van der Waals surface area (Å²) in [6.07, 6.45) is -0.00477. The highest BCUT2D eigenvalue weighted by Crippen LogP contribution is 2.38. The average molecular weight is 454 g/mol. The van der Waals surface area contributed by atoms with Crippen molar-refractivity contribution in [2.75, 3.05) is 6.54 Å². The topological polar surface area (TPSA) is 55.8 Å². The summed E-state index contributed by atoms with van der Waals surface area (Å²) in [5.41, 5.74) is -0.664. The predicted molar refractivity (Wildman–Crippen MR) is 130 cm³/mol. The molecular weight excluding hydrogens is 418 g/mol. The molecule has 0 bridgehead atoms. The average Bonchev–Trinajstić information content (AvgIpc) is 2.72. The number of ether oxygens (including phenoxy) is 1. The van der Waals surface area contributed by atoms with Crippen molar-refractivity contribution in [3.05, 3.63) is 60.7 Å². The summed E-state index contributed by atoms with van der Waals surface area (Å²) in [7, 11) is -2.76. The Labute approximate surface area is 192 Å². The number of nitrogens with zero attached hydrogens (tertiary/aromatic N) is 1. The van der Waals surface area contributed by atoms with Crippen LogP contribution in [0.15, 0.2) is 60.7 Å². The van der Waals surface area contributed by atoms with Crippen LogP contribution in [-0.4, -0.2) is 43.5 Å². The van der Waals surface area contributed by atoms with Crippen LogP contribution in [0.2, 0.25) is 5.04 Å². The Kier molecular flexibility index (Phi) is 6.96. The number of carbonyl (C=O) groups excluding carboxylic acids is 2. The van der Waals surface area contributed by atoms with E-state index >= 15 is 0 Å². The second-order valence-corrected chi connectivity index (χ2v) is 14.7. The Morgan fingerprint density at radius 1 is 0.906 bits per heavy atom. The van der Waals surface area contributed by atoms with Crippen LogP contribution in [0, 0.1) is 0 Å². The van der Waals surface area contributed by atoms with Gasteiger partial charge in [-0.3, -0.25) is 4.79 Å². The lowest BCUT2D eigenvalue weighted by atomic mass is 10.1. The molecule has 2 aromatic rings. The van der Waals surface area contributed by atoms with E-state index in [2.05, 4.69) is 45.0 Å². The highest BCUT2D eigenvalue weighted by atomic mass is 28.4. The second kappa shape index (κ2) is 9.20. The summed E-state index contributed by atoms with van der Waals surface area (Å²) in [5, 5.41) is 2.19. The van der Waals surface area contributed by atoms with E-state index < -0.39 is 20.0 Å². The zero-order valence-electron chi connectivity index (χ0n) is 20.1. The number of carbonyl (C=O) groups is 2. The van der Waals surface area contributed by atoms with Crippen LogP contribution in [0.25, 0.3) is 0 Å². The van der Waals surface area contributed by atoms with Crippen LogP contribution in [0.1, 0.15) is 54.4 Å². The van der Waals surface area contributed by atoms with Gasteiger partial charge in [0, 0.05) is 6.42 Å². The number of likely N-dealkylation sites (tertiary alicyclic amines) is 1. The number of hydrogen-bond acceptors (Lipinski definition) is 4. The first-order valence-electron chi connectivity index (χ1n) is 11.3. The van der Waals surface area contributed by atoms with E-state index in [1.807, 2.05) is 36.4 Å². The molecule has 0 saturated carbocycles. The van der Waals surface area contributed by atoms with Crippen LogP contribution in [0.4, 0.5) is 4.79 Å². The molecule has 2 amide bonds. The molecule has 6 heteroatoms. The third-order valence-electron chi connectivity index (χ3n) is 5.74. The number of rotatable bonds is 4. The maximum absolute atomic E-state index is 12.7. The first-order chi connectivity index (χ1) is 14.9. The Morgan fingerprint density at radius 3 is 1.84 bits per heavy atom. The molecule has 0 N–H and O–H groups in total. The van der Waals surface area contributed by atoms with Crippen molar-refractivity contribution in [2.45, 2.75) is 71.1 Å². The summed E-state index contributed by atoms with van der Waals surface area (Å²) >= 11 is 0. The van der Waals surface area contributed by atoms with E-state index in [4.69, 9.17) is 9.16 Å². The molecular formula is C26H35NO4Si. The van der Waals surface area contributed by atoms with E-state index in [-0.39, 0.29) is 30.0 Å². The van der Waals surface area contributed by atoms with Gasteiger partial charge in [0.25, 0.3) is 8.32 Å². The second-order valence-electron chi connectivity index (χ2n) is 10.4. The quantitative estimate of drug-likeness (QED) is 0.640. The molecule has 1 saturated heterocycles.